The second kappa shape index (κ2) is 7.36. The molecule has 1 saturated heterocycles. The van der Waals surface area contributed by atoms with Crippen LogP contribution in [0.4, 0.5) is 0 Å². The lowest BCUT2D eigenvalue weighted by atomic mass is 9.97. The van der Waals surface area contributed by atoms with Gasteiger partial charge in [0, 0.05) is 12.1 Å². The first-order valence-electron chi connectivity index (χ1n) is 8.24. The van der Waals surface area contributed by atoms with Gasteiger partial charge in [-0.1, -0.05) is 35.0 Å². The molecule has 5 nitrogen and oxygen atoms in total. The summed E-state index contributed by atoms with van der Waals surface area (Å²) in [6.07, 6.45) is 2.22. The number of carbonyl (C=O) groups excluding carboxylic acids is 1. The van der Waals surface area contributed by atoms with E-state index in [9.17, 15) is 4.79 Å². The van der Waals surface area contributed by atoms with Crippen LogP contribution in [-0.2, 0) is 0 Å². The molecule has 0 saturated carbocycles. The molecule has 6 heteroatoms. The highest BCUT2D eigenvalue weighted by atomic mass is 35.5. The van der Waals surface area contributed by atoms with Crippen LogP contribution in [-0.4, -0.2) is 42.6 Å². The van der Waals surface area contributed by atoms with E-state index in [1.54, 1.807) is 13.0 Å². The monoisotopic (exact) mass is 347 g/mol. The summed E-state index contributed by atoms with van der Waals surface area (Å²) in [5, 5.41) is 7.64. The van der Waals surface area contributed by atoms with Crippen LogP contribution >= 0.6 is 11.6 Å². The molecule has 1 aliphatic heterocycles. The predicted molar refractivity (Wildman–Crippen MR) is 94.2 cm³/mol. The van der Waals surface area contributed by atoms with Crippen LogP contribution in [0.2, 0.25) is 5.02 Å². The number of likely N-dealkylation sites (tertiary alicyclic amines) is 1. The Morgan fingerprint density at radius 2 is 2.08 bits per heavy atom. The maximum Gasteiger partial charge on any atom is 0.257 e. The zero-order chi connectivity index (χ0) is 17.1. The Labute approximate surface area is 147 Å². The van der Waals surface area contributed by atoms with E-state index in [0.29, 0.717) is 40.1 Å². The highest BCUT2D eigenvalue weighted by Crippen LogP contribution is 2.31. The number of piperidine rings is 1. The quantitative estimate of drug-likeness (QED) is 0.921. The minimum absolute atomic E-state index is 0.150. The molecule has 3 rings (SSSR count). The first-order chi connectivity index (χ1) is 11.6. The molecule has 2 aromatic rings. The van der Waals surface area contributed by atoms with Crippen molar-refractivity contribution < 1.29 is 9.32 Å². The van der Waals surface area contributed by atoms with E-state index in [0.717, 1.165) is 25.9 Å². The molecule has 0 bridgehead atoms. The Morgan fingerprint density at radius 1 is 1.38 bits per heavy atom. The number of benzene rings is 1. The van der Waals surface area contributed by atoms with Gasteiger partial charge in [0.1, 0.15) is 17.0 Å². The van der Waals surface area contributed by atoms with Gasteiger partial charge >= 0.3 is 0 Å². The minimum Gasteiger partial charge on any atom is -0.360 e. The van der Waals surface area contributed by atoms with E-state index in [4.69, 9.17) is 16.1 Å². The van der Waals surface area contributed by atoms with Gasteiger partial charge in [0.05, 0.1) is 5.02 Å². The van der Waals surface area contributed by atoms with E-state index in [1.165, 1.54) is 0 Å². The SMILES string of the molecule is Cc1onc(-c2ccccc2Cl)c1C(=O)NCC1CCN(C)CC1. The lowest BCUT2D eigenvalue weighted by molar-refractivity contribution is 0.0938. The van der Waals surface area contributed by atoms with Crippen LogP contribution in [0.15, 0.2) is 28.8 Å². The maximum atomic E-state index is 12.7. The molecule has 128 valence electrons. The third-order valence-corrected chi connectivity index (χ3v) is 4.94. The molecule has 1 aromatic heterocycles. The fourth-order valence-corrected chi connectivity index (χ4v) is 3.29. The van der Waals surface area contributed by atoms with Crippen molar-refractivity contribution in [2.45, 2.75) is 19.8 Å². The van der Waals surface area contributed by atoms with Crippen molar-refractivity contribution in [1.29, 1.82) is 0 Å². The number of aryl methyl sites for hydroxylation is 1. The Bertz CT molecular complexity index is 721. The molecule has 0 aliphatic carbocycles. The van der Waals surface area contributed by atoms with Crippen LogP contribution in [0, 0.1) is 12.8 Å². The zero-order valence-electron chi connectivity index (χ0n) is 14.0. The second-order valence-corrected chi connectivity index (χ2v) is 6.81. The van der Waals surface area contributed by atoms with Gasteiger partial charge in [-0.15, -0.1) is 0 Å². The van der Waals surface area contributed by atoms with Gasteiger partial charge in [-0.2, -0.15) is 0 Å². The van der Waals surface area contributed by atoms with E-state index >= 15 is 0 Å². The number of rotatable bonds is 4. The van der Waals surface area contributed by atoms with Crippen molar-refractivity contribution in [1.82, 2.24) is 15.4 Å². The third-order valence-electron chi connectivity index (χ3n) is 4.61. The Morgan fingerprint density at radius 3 is 2.79 bits per heavy atom. The van der Waals surface area contributed by atoms with Gasteiger partial charge in [0.2, 0.25) is 0 Å². The van der Waals surface area contributed by atoms with Crippen molar-refractivity contribution in [2.24, 2.45) is 5.92 Å². The Hall–Kier alpha value is -1.85. The molecule has 24 heavy (non-hydrogen) atoms. The third kappa shape index (κ3) is 3.62. The van der Waals surface area contributed by atoms with E-state index < -0.39 is 0 Å². The standard InChI is InChI=1S/C18H22ClN3O2/c1-12-16(17(21-24-12)14-5-3-4-6-15(14)19)18(23)20-11-13-7-9-22(2)10-8-13/h3-6,13H,7-11H2,1-2H3,(H,20,23). The normalized spacial score (nSPS) is 16.3. The summed E-state index contributed by atoms with van der Waals surface area (Å²) in [6, 6.07) is 7.33. The van der Waals surface area contributed by atoms with Crippen molar-refractivity contribution in [3.63, 3.8) is 0 Å². The molecule has 1 amide bonds. The first kappa shape index (κ1) is 17.0. The van der Waals surface area contributed by atoms with Gasteiger partial charge in [-0.05, 0) is 51.9 Å². The van der Waals surface area contributed by atoms with Crippen LogP contribution in [0.1, 0.15) is 29.0 Å². The highest BCUT2D eigenvalue weighted by molar-refractivity contribution is 6.33. The lowest BCUT2D eigenvalue weighted by Crippen LogP contribution is -2.37. The van der Waals surface area contributed by atoms with Crippen molar-refractivity contribution in [3.05, 3.63) is 40.6 Å². The molecule has 1 fully saturated rings. The first-order valence-corrected chi connectivity index (χ1v) is 8.62. The highest BCUT2D eigenvalue weighted by Gasteiger charge is 2.24. The van der Waals surface area contributed by atoms with Gasteiger partial charge in [0.15, 0.2) is 0 Å². The molecule has 0 unspecified atom stereocenters. The van der Waals surface area contributed by atoms with E-state index in [2.05, 4.69) is 22.4 Å². The fourth-order valence-electron chi connectivity index (χ4n) is 3.07. The Balaban J connectivity index is 1.74. The average Bonchev–Trinajstić information content (AvgIpc) is 2.96. The lowest BCUT2D eigenvalue weighted by Gasteiger charge is -2.28. The largest absolute Gasteiger partial charge is 0.360 e. The Kier molecular flexibility index (Phi) is 5.21. The smallest absolute Gasteiger partial charge is 0.257 e. The van der Waals surface area contributed by atoms with Crippen LogP contribution < -0.4 is 5.32 Å². The number of halogens is 1. The second-order valence-electron chi connectivity index (χ2n) is 6.40. The number of carbonyl (C=O) groups is 1. The van der Waals surface area contributed by atoms with Gasteiger partial charge in [-0.3, -0.25) is 4.79 Å². The number of hydrogen-bond acceptors (Lipinski definition) is 4. The van der Waals surface area contributed by atoms with Gasteiger partial charge < -0.3 is 14.7 Å². The fraction of sp³-hybridized carbons (Fsp3) is 0.444. The summed E-state index contributed by atoms with van der Waals surface area (Å²) in [7, 11) is 2.13. The summed E-state index contributed by atoms with van der Waals surface area (Å²) >= 11 is 6.24. The summed E-state index contributed by atoms with van der Waals surface area (Å²) in [4.78, 5) is 15.0. The number of hydrogen-bond donors (Lipinski definition) is 1. The zero-order valence-corrected chi connectivity index (χ0v) is 14.8. The average molecular weight is 348 g/mol. The van der Waals surface area contributed by atoms with Gasteiger partial charge in [-0.25, -0.2) is 0 Å². The number of amides is 1. The summed E-state index contributed by atoms with van der Waals surface area (Å²) < 4.78 is 5.26. The molecular formula is C18H22ClN3O2. The predicted octanol–water partition coefficient (Wildman–Crippen LogP) is 3.38. The molecule has 1 aromatic carbocycles. The molecule has 2 heterocycles. The molecule has 0 atom stereocenters. The minimum atomic E-state index is -0.150. The molecule has 0 radical (unpaired) electrons. The maximum absolute atomic E-state index is 12.7. The van der Waals surface area contributed by atoms with Crippen LogP contribution in [0.5, 0.6) is 0 Å². The van der Waals surface area contributed by atoms with Crippen molar-refractivity contribution >= 4 is 17.5 Å². The molecule has 1 aliphatic rings. The number of aromatic nitrogens is 1. The van der Waals surface area contributed by atoms with Gasteiger partial charge in [0.25, 0.3) is 5.91 Å². The number of nitrogens with zero attached hydrogens (tertiary/aromatic N) is 2. The van der Waals surface area contributed by atoms with E-state index in [1.807, 2.05) is 18.2 Å². The van der Waals surface area contributed by atoms with Crippen LogP contribution in [0.3, 0.4) is 0 Å². The number of nitrogens with one attached hydrogen (secondary N) is 1. The van der Waals surface area contributed by atoms with Crippen molar-refractivity contribution in [2.75, 3.05) is 26.7 Å². The summed E-state index contributed by atoms with van der Waals surface area (Å²) in [5.74, 6) is 0.877. The molecular weight excluding hydrogens is 326 g/mol. The topological polar surface area (TPSA) is 58.4 Å². The molecule has 0 spiro atoms. The summed E-state index contributed by atoms with van der Waals surface area (Å²) in [5.41, 5.74) is 1.68. The van der Waals surface area contributed by atoms with Crippen molar-refractivity contribution in [3.8, 4) is 11.3 Å². The van der Waals surface area contributed by atoms with E-state index in [-0.39, 0.29) is 5.91 Å². The van der Waals surface area contributed by atoms with Crippen LogP contribution in [0.25, 0.3) is 11.3 Å². The summed E-state index contributed by atoms with van der Waals surface area (Å²) in [6.45, 7) is 4.59. The molecule has 1 N–H and O–H groups in total.